The van der Waals surface area contributed by atoms with Crippen LogP contribution in [-0.2, 0) is 16.6 Å². The molecule has 0 saturated heterocycles. The Hall–Kier alpha value is -0.430. The highest BCUT2D eigenvalue weighted by atomic mass is 32.2. The first-order valence-corrected chi connectivity index (χ1v) is 9.59. The maximum atomic E-state index is 12.1. The Bertz CT molecular complexity index is 481. The number of sulfonamides is 1. The summed E-state index contributed by atoms with van der Waals surface area (Å²) in [7, 11) is -3.39. The first-order valence-electron chi connectivity index (χ1n) is 7.23. The van der Waals surface area contributed by atoms with Gasteiger partial charge >= 0.3 is 0 Å². The normalized spacial score (nSPS) is 12.2. The van der Waals surface area contributed by atoms with Crippen molar-refractivity contribution in [2.75, 3.05) is 6.54 Å². The molecule has 0 aromatic carbocycles. The van der Waals surface area contributed by atoms with E-state index in [9.17, 15) is 8.42 Å². The summed E-state index contributed by atoms with van der Waals surface area (Å²) in [5.41, 5.74) is 5.54. The summed E-state index contributed by atoms with van der Waals surface area (Å²) in [6, 6.07) is 1.62. The first-order chi connectivity index (χ1) is 9.47. The van der Waals surface area contributed by atoms with Crippen molar-refractivity contribution in [1.29, 1.82) is 0 Å². The van der Waals surface area contributed by atoms with Crippen molar-refractivity contribution in [3.63, 3.8) is 0 Å². The Labute approximate surface area is 126 Å². The van der Waals surface area contributed by atoms with Crippen molar-refractivity contribution in [1.82, 2.24) is 4.72 Å². The van der Waals surface area contributed by atoms with Gasteiger partial charge in [0, 0.05) is 18.0 Å². The summed E-state index contributed by atoms with van der Waals surface area (Å²) in [5.74, 6) is 0.752. The lowest BCUT2D eigenvalue weighted by Crippen LogP contribution is -2.25. The summed E-state index contributed by atoms with van der Waals surface area (Å²) in [6.45, 7) is 5.22. The lowest BCUT2D eigenvalue weighted by Gasteiger charge is -2.07. The van der Waals surface area contributed by atoms with Crippen molar-refractivity contribution >= 4 is 21.4 Å². The fraction of sp³-hybridized carbons (Fsp3) is 0.714. The molecule has 0 aliphatic rings. The smallest absolute Gasteiger partial charge is 0.241 e. The molecule has 116 valence electrons. The molecular formula is C14H26N2O2S2. The Morgan fingerprint density at radius 3 is 2.60 bits per heavy atom. The van der Waals surface area contributed by atoms with Gasteiger partial charge in [-0.1, -0.05) is 39.5 Å². The van der Waals surface area contributed by atoms with Gasteiger partial charge in [0.15, 0.2) is 0 Å². The third-order valence-electron chi connectivity index (χ3n) is 3.18. The molecular weight excluding hydrogens is 292 g/mol. The van der Waals surface area contributed by atoms with Crippen LogP contribution < -0.4 is 10.5 Å². The maximum absolute atomic E-state index is 12.1. The van der Waals surface area contributed by atoms with Gasteiger partial charge in [0.05, 0.1) is 4.90 Å². The van der Waals surface area contributed by atoms with Crippen molar-refractivity contribution < 1.29 is 8.42 Å². The van der Waals surface area contributed by atoms with Crippen LogP contribution in [0.3, 0.4) is 0 Å². The minimum atomic E-state index is -3.39. The quantitative estimate of drug-likeness (QED) is 0.651. The molecule has 0 radical (unpaired) electrons. The highest BCUT2D eigenvalue weighted by Gasteiger charge is 2.18. The molecule has 0 aliphatic heterocycles. The monoisotopic (exact) mass is 318 g/mol. The van der Waals surface area contributed by atoms with Gasteiger partial charge in [0.2, 0.25) is 10.0 Å². The van der Waals surface area contributed by atoms with Gasteiger partial charge in [-0.3, -0.25) is 0 Å². The summed E-state index contributed by atoms with van der Waals surface area (Å²) < 4.78 is 26.8. The molecule has 1 aromatic rings. The van der Waals surface area contributed by atoms with E-state index in [1.165, 1.54) is 30.6 Å². The van der Waals surface area contributed by atoms with E-state index in [1.54, 1.807) is 11.4 Å². The molecule has 3 N–H and O–H groups in total. The van der Waals surface area contributed by atoms with Gasteiger partial charge < -0.3 is 5.73 Å². The molecule has 0 fully saturated rings. The zero-order valence-electron chi connectivity index (χ0n) is 12.4. The second-order valence-electron chi connectivity index (χ2n) is 5.41. The predicted molar refractivity (Wildman–Crippen MR) is 85.3 cm³/mol. The van der Waals surface area contributed by atoms with Crippen LogP contribution in [0.5, 0.6) is 0 Å². The maximum Gasteiger partial charge on any atom is 0.241 e. The molecule has 0 atom stereocenters. The Morgan fingerprint density at radius 1 is 1.25 bits per heavy atom. The Kier molecular flexibility index (Phi) is 7.72. The van der Waals surface area contributed by atoms with Crippen molar-refractivity contribution in [2.45, 2.75) is 57.4 Å². The number of unbranched alkanes of at least 4 members (excludes halogenated alkanes) is 3. The number of hydrogen-bond donors (Lipinski definition) is 2. The van der Waals surface area contributed by atoms with Crippen LogP contribution in [0.4, 0.5) is 0 Å². The van der Waals surface area contributed by atoms with Crippen LogP contribution in [0.1, 0.15) is 50.8 Å². The zero-order valence-corrected chi connectivity index (χ0v) is 14.0. The van der Waals surface area contributed by atoms with Gasteiger partial charge in [-0.25, -0.2) is 13.1 Å². The van der Waals surface area contributed by atoms with Crippen molar-refractivity contribution in [3.05, 3.63) is 16.3 Å². The van der Waals surface area contributed by atoms with Crippen LogP contribution >= 0.6 is 11.3 Å². The third kappa shape index (κ3) is 5.91. The van der Waals surface area contributed by atoms with Gasteiger partial charge in [-0.05, 0) is 23.8 Å². The average molecular weight is 319 g/mol. The predicted octanol–water partition coefficient (Wildman–Crippen LogP) is 3.09. The second-order valence-corrected chi connectivity index (χ2v) is 8.14. The number of nitrogens with two attached hydrogens (primary N) is 1. The molecule has 0 bridgehead atoms. The van der Waals surface area contributed by atoms with Gasteiger partial charge in [-0.15, -0.1) is 11.3 Å². The standard InChI is InChI=1S/C14H26N2O2S2/c1-12(2)7-5-3-4-6-9-16-20(17,18)14-8-10-19-13(14)11-15/h8,10,12,16H,3-7,9,11,15H2,1-2H3. The molecule has 1 heterocycles. The fourth-order valence-electron chi connectivity index (χ4n) is 2.03. The van der Waals surface area contributed by atoms with E-state index < -0.39 is 10.0 Å². The zero-order chi connectivity index (χ0) is 15.0. The van der Waals surface area contributed by atoms with E-state index in [2.05, 4.69) is 18.6 Å². The minimum absolute atomic E-state index is 0.267. The lowest BCUT2D eigenvalue weighted by molar-refractivity contribution is 0.517. The second kappa shape index (κ2) is 8.77. The number of thiophene rings is 1. The summed E-state index contributed by atoms with van der Waals surface area (Å²) in [5, 5.41) is 1.77. The van der Waals surface area contributed by atoms with Crippen LogP contribution in [0.2, 0.25) is 0 Å². The van der Waals surface area contributed by atoms with Crippen LogP contribution in [0, 0.1) is 5.92 Å². The van der Waals surface area contributed by atoms with Gasteiger partial charge in [0.1, 0.15) is 0 Å². The van der Waals surface area contributed by atoms with E-state index in [1.807, 2.05) is 0 Å². The molecule has 0 aliphatic carbocycles. The highest BCUT2D eigenvalue weighted by molar-refractivity contribution is 7.89. The fourth-order valence-corrected chi connectivity index (χ4v) is 4.44. The van der Waals surface area contributed by atoms with Crippen LogP contribution in [-0.4, -0.2) is 15.0 Å². The van der Waals surface area contributed by atoms with Crippen LogP contribution in [0.15, 0.2) is 16.3 Å². The molecule has 4 nitrogen and oxygen atoms in total. The lowest BCUT2D eigenvalue weighted by atomic mass is 10.0. The Morgan fingerprint density at radius 2 is 1.95 bits per heavy atom. The van der Waals surface area contributed by atoms with E-state index in [0.29, 0.717) is 11.4 Å². The number of nitrogens with one attached hydrogen (secondary N) is 1. The molecule has 20 heavy (non-hydrogen) atoms. The molecule has 0 saturated carbocycles. The topological polar surface area (TPSA) is 72.2 Å². The van der Waals surface area contributed by atoms with E-state index in [0.717, 1.165) is 23.6 Å². The third-order valence-corrected chi connectivity index (χ3v) is 5.80. The summed E-state index contributed by atoms with van der Waals surface area (Å²) in [6.07, 6.45) is 5.61. The summed E-state index contributed by atoms with van der Waals surface area (Å²) in [4.78, 5) is 1.05. The minimum Gasteiger partial charge on any atom is -0.326 e. The first kappa shape index (κ1) is 17.6. The van der Waals surface area contributed by atoms with Gasteiger partial charge in [0.25, 0.3) is 0 Å². The van der Waals surface area contributed by atoms with E-state index >= 15 is 0 Å². The van der Waals surface area contributed by atoms with E-state index in [4.69, 9.17) is 5.73 Å². The Balaban J connectivity index is 2.27. The molecule has 1 aromatic heterocycles. The van der Waals surface area contributed by atoms with Gasteiger partial charge in [-0.2, -0.15) is 0 Å². The number of rotatable bonds is 10. The van der Waals surface area contributed by atoms with Crippen molar-refractivity contribution in [2.24, 2.45) is 11.7 Å². The summed E-state index contributed by atoms with van der Waals surface area (Å²) >= 11 is 1.39. The largest absolute Gasteiger partial charge is 0.326 e. The molecule has 1 rings (SSSR count). The molecule has 0 amide bonds. The average Bonchev–Trinajstić information content (AvgIpc) is 2.86. The number of hydrogen-bond acceptors (Lipinski definition) is 4. The highest BCUT2D eigenvalue weighted by Crippen LogP contribution is 2.21. The van der Waals surface area contributed by atoms with E-state index in [-0.39, 0.29) is 6.54 Å². The molecule has 6 heteroatoms. The van der Waals surface area contributed by atoms with Crippen LogP contribution in [0.25, 0.3) is 0 Å². The molecule has 0 spiro atoms. The van der Waals surface area contributed by atoms with Crippen molar-refractivity contribution in [3.8, 4) is 0 Å². The SMILES string of the molecule is CC(C)CCCCCCNS(=O)(=O)c1ccsc1CN. The molecule has 0 unspecified atom stereocenters.